The number of methoxy groups -OCH3 is 1. The van der Waals surface area contributed by atoms with Crippen LogP contribution >= 0.6 is 0 Å². The molecule has 0 radical (unpaired) electrons. The van der Waals surface area contributed by atoms with Crippen LogP contribution in [-0.2, 0) is 21.4 Å². The lowest BCUT2D eigenvalue weighted by molar-refractivity contribution is -0.130. The number of ether oxygens (including phenoxy) is 1. The molecule has 1 aliphatic rings. The molecule has 1 saturated heterocycles. The van der Waals surface area contributed by atoms with Crippen LogP contribution in [0.1, 0.15) is 5.56 Å². The predicted molar refractivity (Wildman–Crippen MR) is 87.7 cm³/mol. The van der Waals surface area contributed by atoms with Gasteiger partial charge in [-0.15, -0.1) is 0 Å². The number of sulfonamides is 1. The summed E-state index contributed by atoms with van der Waals surface area (Å²) in [6.07, 6.45) is 0. The van der Waals surface area contributed by atoms with E-state index in [1.165, 1.54) is 20.2 Å². The number of benzene rings is 1. The second kappa shape index (κ2) is 7.91. The van der Waals surface area contributed by atoms with Crippen molar-refractivity contribution in [3.05, 3.63) is 29.6 Å². The van der Waals surface area contributed by atoms with Crippen LogP contribution in [0.2, 0.25) is 0 Å². The lowest BCUT2D eigenvalue weighted by Gasteiger charge is -2.34. The summed E-state index contributed by atoms with van der Waals surface area (Å²) in [6, 6.07) is 4.84. The van der Waals surface area contributed by atoms with Gasteiger partial charge in [0.25, 0.3) is 0 Å². The summed E-state index contributed by atoms with van der Waals surface area (Å²) in [6.45, 7) is 2.70. The molecule has 7 nitrogen and oxygen atoms in total. The molecule has 0 bridgehead atoms. The van der Waals surface area contributed by atoms with Gasteiger partial charge >= 0.3 is 0 Å². The lowest BCUT2D eigenvalue weighted by Crippen LogP contribution is -2.50. The maximum absolute atomic E-state index is 13.7. The van der Waals surface area contributed by atoms with Crippen molar-refractivity contribution in [3.63, 3.8) is 0 Å². The van der Waals surface area contributed by atoms with Crippen molar-refractivity contribution in [1.82, 2.24) is 14.5 Å². The maximum atomic E-state index is 13.7. The van der Waals surface area contributed by atoms with Crippen molar-refractivity contribution in [2.24, 2.45) is 0 Å². The fourth-order valence-corrected chi connectivity index (χ4v) is 3.20. The minimum absolute atomic E-state index is 0.208. The average molecular weight is 359 g/mol. The van der Waals surface area contributed by atoms with E-state index in [0.29, 0.717) is 32.7 Å². The lowest BCUT2D eigenvalue weighted by atomic mass is 10.2. The first kappa shape index (κ1) is 18.6. The number of nitrogens with one attached hydrogen (secondary N) is 1. The van der Waals surface area contributed by atoms with Crippen LogP contribution in [0.5, 0.6) is 5.75 Å². The molecule has 1 aromatic rings. The van der Waals surface area contributed by atoms with E-state index in [0.717, 1.165) is 5.56 Å². The largest absolute Gasteiger partial charge is 0.494 e. The quantitative estimate of drug-likeness (QED) is 0.775. The van der Waals surface area contributed by atoms with Crippen molar-refractivity contribution in [2.45, 2.75) is 6.54 Å². The van der Waals surface area contributed by atoms with Gasteiger partial charge in [0.1, 0.15) is 5.75 Å². The molecule has 1 aromatic carbocycles. The zero-order chi connectivity index (χ0) is 17.7. The van der Waals surface area contributed by atoms with Crippen molar-refractivity contribution in [2.75, 3.05) is 46.1 Å². The molecule has 0 aliphatic carbocycles. The molecule has 1 amide bonds. The first-order chi connectivity index (χ1) is 11.3. The minimum atomic E-state index is -3.55. The Hall–Kier alpha value is -1.71. The fraction of sp³-hybridized carbons (Fsp3) is 0.533. The number of hydrogen-bond acceptors (Lipinski definition) is 5. The van der Waals surface area contributed by atoms with Crippen molar-refractivity contribution < 1.29 is 22.3 Å². The second-order valence-electron chi connectivity index (χ2n) is 5.59. The molecule has 9 heteroatoms. The topological polar surface area (TPSA) is 79.0 Å². The molecule has 24 heavy (non-hydrogen) atoms. The molecule has 1 N–H and O–H groups in total. The monoisotopic (exact) mass is 359 g/mol. The predicted octanol–water partition coefficient (Wildman–Crippen LogP) is 0.0277. The molecule has 0 unspecified atom stereocenters. The van der Waals surface area contributed by atoms with E-state index >= 15 is 0 Å². The smallest absolute Gasteiger partial charge is 0.239 e. The van der Waals surface area contributed by atoms with E-state index in [-0.39, 0.29) is 5.75 Å². The number of hydrogen-bond donors (Lipinski definition) is 1. The van der Waals surface area contributed by atoms with E-state index in [9.17, 15) is 17.6 Å². The Kier molecular flexibility index (Phi) is 6.14. The average Bonchev–Trinajstić information content (AvgIpc) is 2.55. The third-order valence-electron chi connectivity index (χ3n) is 3.97. The molecular weight excluding hydrogens is 337 g/mol. The minimum Gasteiger partial charge on any atom is -0.494 e. The van der Waals surface area contributed by atoms with Gasteiger partial charge in [-0.3, -0.25) is 9.69 Å². The van der Waals surface area contributed by atoms with Crippen LogP contribution in [0, 0.1) is 5.82 Å². The van der Waals surface area contributed by atoms with Gasteiger partial charge in [-0.25, -0.2) is 17.5 Å². The Morgan fingerprint density at radius 3 is 2.50 bits per heavy atom. The number of nitrogens with zero attached hydrogens (tertiary/aromatic N) is 2. The van der Waals surface area contributed by atoms with Gasteiger partial charge < -0.3 is 9.64 Å². The molecule has 0 aromatic heterocycles. The molecule has 0 spiro atoms. The summed E-state index contributed by atoms with van der Waals surface area (Å²) in [5.41, 5.74) is 0.825. The highest BCUT2D eigenvalue weighted by Crippen LogP contribution is 2.19. The Balaban J connectivity index is 1.86. The van der Waals surface area contributed by atoms with Crippen LogP contribution < -0.4 is 9.46 Å². The van der Waals surface area contributed by atoms with Crippen molar-refractivity contribution >= 4 is 15.9 Å². The molecule has 0 atom stereocenters. The molecule has 134 valence electrons. The van der Waals surface area contributed by atoms with E-state index in [4.69, 9.17) is 4.74 Å². The summed E-state index contributed by atoms with van der Waals surface area (Å²) >= 11 is 0. The van der Waals surface area contributed by atoms with Crippen molar-refractivity contribution in [1.29, 1.82) is 0 Å². The van der Waals surface area contributed by atoms with Gasteiger partial charge in [-0.2, -0.15) is 0 Å². The zero-order valence-corrected chi connectivity index (χ0v) is 14.6. The summed E-state index contributed by atoms with van der Waals surface area (Å²) in [5.74, 6) is -1.13. The van der Waals surface area contributed by atoms with Gasteiger partial charge in [-0.1, -0.05) is 6.07 Å². The molecule has 1 heterocycles. The third-order valence-corrected chi connectivity index (χ3v) is 5.22. The molecule has 1 fully saturated rings. The SMILES string of the molecule is CNS(=O)(=O)CC(=O)N1CCN(Cc2ccc(OC)c(F)c2)CC1. The summed E-state index contributed by atoms with van der Waals surface area (Å²) in [4.78, 5) is 15.6. The van der Waals surface area contributed by atoms with E-state index < -0.39 is 27.5 Å². The molecule has 2 rings (SSSR count). The van der Waals surface area contributed by atoms with E-state index in [2.05, 4.69) is 9.62 Å². The Labute approximate surface area is 141 Å². The summed E-state index contributed by atoms with van der Waals surface area (Å²) in [5, 5.41) is 0. The van der Waals surface area contributed by atoms with E-state index in [1.807, 2.05) is 0 Å². The van der Waals surface area contributed by atoms with Crippen LogP contribution in [0.3, 0.4) is 0 Å². The number of piperazine rings is 1. The maximum Gasteiger partial charge on any atom is 0.239 e. The van der Waals surface area contributed by atoms with Gasteiger partial charge in [0, 0.05) is 32.7 Å². The molecule has 0 saturated carbocycles. The highest BCUT2D eigenvalue weighted by molar-refractivity contribution is 7.90. The fourth-order valence-electron chi connectivity index (χ4n) is 2.55. The summed E-state index contributed by atoms with van der Waals surface area (Å²) in [7, 11) is -0.844. The van der Waals surface area contributed by atoms with Crippen molar-refractivity contribution in [3.8, 4) is 5.75 Å². The highest BCUT2D eigenvalue weighted by atomic mass is 32.2. The van der Waals surface area contributed by atoms with Crippen LogP contribution in [-0.4, -0.2) is 70.2 Å². The highest BCUT2D eigenvalue weighted by Gasteiger charge is 2.24. The summed E-state index contributed by atoms with van der Waals surface area (Å²) < 4.78 is 43.6. The normalized spacial score (nSPS) is 16.2. The van der Waals surface area contributed by atoms with E-state index in [1.54, 1.807) is 17.0 Å². The zero-order valence-electron chi connectivity index (χ0n) is 13.8. The number of halogens is 1. The van der Waals surface area contributed by atoms with Gasteiger partial charge in [0.15, 0.2) is 11.6 Å². The van der Waals surface area contributed by atoms with Crippen LogP contribution in [0.4, 0.5) is 4.39 Å². The molecule has 1 aliphatic heterocycles. The first-order valence-electron chi connectivity index (χ1n) is 7.58. The first-order valence-corrected chi connectivity index (χ1v) is 9.23. The number of rotatable bonds is 6. The Morgan fingerprint density at radius 2 is 1.96 bits per heavy atom. The number of carbonyl (C=O) groups is 1. The Bertz CT molecular complexity index is 688. The Morgan fingerprint density at radius 1 is 1.29 bits per heavy atom. The van der Waals surface area contributed by atoms with Gasteiger partial charge in [-0.05, 0) is 24.7 Å². The standard InChI is InChI=1S/C15H22FN3O4S/c1-17-24(21,22)11-15(20)19-7-5-18(6-8-19)10-12-3-4-14(23-2)13(16)9-12/h3-4,9,17H,5-8,10-11H2,1-2H3. The van der Waals surface area contributed by atoms with Gasteiger partial charge in [0.05, 0.1) is 7.11 Å². The van der Waals surface area contributed by atoms with Crippen LogP contribution in [0.25, 0.3) is 0 Å². The number of amides is 1. The second-order valence-corrected chi connectivity index (χ2v) is 7.52. The van der Waals surface area contributed by atoms with Gasteiger partial charge in [0.2, 0.25) is 15.9 Å². The number of carbonyl (C=O) groups excluding carboxylic acids is 1. The molecular formula is C15H22FN3O4S. The van der Waals surface area contributed by atoms with Crippen LogP contribution in [0.15, 0.2) is 18.2 Å². The third kappa shape index (κ3) is 4.89.